The van der Waals surface area contributed by atoms with Crippen LogP contribution in [0.4, 0.5) is 0 Å². The van der Waals surface area contributed by atoms with Crippen LogP contribution in [0.3, 0.4) is 0 Å². The van der Waals surface area contributed by atoms with Crippen molar-refractivity contribution in [3.63, 3.8) is 0 Å². The minimum atomic E-state index is -0.855. The van der Waals surface area contributed by atoms with Gasteiger partial charge in [0.05, 0.1) is 6.10 Å². The Kier molecular flexibility index (Phi) is 8.52. The highest BCUT2D eigenvalue weighted by Gasteiger charge is 2.41. The molecule has 0 spiro atoms. The maximum atomic E-state index is 12.7. The Balaban J connectivity index is 1.40. The summed E-state index contributed by atoms with van der Waals surface area (Å²) in [6.07, 6.45) is 2.33. The van der Waals surface area contributed by atoms with Crippen molar-refractivity contribution in [3.05, 3.63) is 64.8 Å². The van der Waals surface area contributed by atoms with Crippen LogP contribution in [0.25, 0.3) is 11.1 Å². The molecule has 2 aliphatic rings. The van der Waals surface area contributed by atoms with Crippen LogP contribution in [0.1, 0.15) is 40.0 Å². The van der Waals surface area contributed by atoms with Gasteiger partial charge in [0.1, 0.15) is 22.5 Å². The molecular weight excluding hydrogens is 522 g/mol. The van der Waals surface area contributed by atoms with Crippen molar-refractivity contribution < 1.29 is 23.8 Å². The number of rotatable bonds is 8. The fourth-order valence-corrected chi connectivity index (χ4v) is 5.65. The summed E-state index contributed by atoms with van der Waals surface area (Å²) in [5.74, 6) is 0.951. The fraction of sp³-hybridized carbons (Fsp3) is 0.448. The topological polar surface area (TPSA) is 65.1 Å². The van der Waals surface area contributed by atoms with Crippen molar-refractivity contribution in [1.29, 1.82) is 0 Å². The second-order valence-electron chi connectivity index (χ2n) is 10.2. The van der Waals surface area contributed by atoms with E-state index >= 15 is 0 Å². The molecule has 1 heterocycles. The molecule has 1 aliphatic heterocycles. The Hall–Kier alpha value is -2.64. The van der Waals surface area contributed by atoms with E-state index in [1.165, 1.54) is 6.42 Å². The monoisotopic (exact) mass is 555 g/mol. The average molecular weight is 556 g/mol. The van der Waals surface area contributed by atoms with E-state index in [-0.39, 0.29) is 17.1 Å². The summed E-state index contributed by atoms with van der Waals surface area (Å²) >= 11 is 3.35. The van der Waals surface area contributed by atoms with Crippen LogP contribution in [0.15, 0.2) is 64.8 Å². The molecule has 6 nitrogen and oxygen atoms in total. The number of halogens is 1. The van der Waals surface area contributed by atoms with Crippen LogP contribution in [-0.2, 0) is 19.1 Å². The zero-order valence-corrected chi connectivity index (χ0v) is 22.9. The van der Waals surface area contributed by atoms with Gasteiger partial charge < -0.3 is 19.1 Å². The maximum absolute atomic E-state index is 12.7. The third kappa shape index (κ3) is 6.19. The van der Waals surface area contributed by atoms with Gasteiger partial charge in [-0.2, -0.15) is 0 Å². The molecule has 0 saturated heterocycles. The number of nitrogens with zero attached hydrogens (tertiary/aromatic N) is 1. The zero-order valence-electron chi connectivity index (χ0n) is 21.3. The van der Waals surface area contributed by atoms with E-state index in [9.17, 15) is 9.59 Å². The molecule has 36 heavy (non-hydrogen) atoms. The average Bonchev–Trinajstić information content (AvgIpc) is 3.12. The summed E-state index contributed by atoms with van der Waals surface area (Å²) < 4.78 is 17.8. The predicted octanol–water partition coefficient (Wildman–Crippen LogP) is 6.16. The number of cyclic esters (lactones) is 1. The first-order valence-corrected chi connectivity index (χ1v) is 13.4. The van der Waals surface area contributed by atoms with E-state index in [0.717, 1.165) is 24.0 Å². The first-order valence-electron chi connectivity index (χ1n) is 12.6. The molecule has 2 aromatic rings. The number of benzene rings is 2. The van der Waals surface area contributed by atoms with Gasteiger partial charge in [-0.15, -0.1) is 0 Å². The number of hydrogen-bond acceptors (Lipinski definition) is 6. The van der Waals surface area contributed by atoms with Crippen LogP contribution < -0.4 is 4.74 Å². The molecule has 1 saturated carbocycles. The van der Waals surface area contributed by atoms with Crippen LogP contribution >= 0.6 is 15.9 Å². The molecular formula is C29H34BrNO5. The van der Waals surface area contributed by atoms with Crippen molar-refractivity contribution in [2.24, 2.45) is 17.8 Å². The second-order valence-corrected chi connectivity index (χ2v) is 11.0. The van der Waals surface area contributed by atoms with Crippen molar-refractivity contribution in [2.45, 2.75) is 52.4 Å². The molecule has 192 valence electrons. The largest absolute Gasteiger partial charge is 0.426 e. The molecule has 4 atom stereocenters. The highest BCUT2D eigenvalue weighted by molar-refractivity contribution is 9.12. The molecule has 0 aromatic heterocycles. The Bertz CT molecular complexity index is 1100. The number of esters is 2. The minimum Gasteiger partial charge on any atom is -0.426 e. The van der Waals surface area contributed by atoms with Gasteiger partial charge in [0.25, 0.3) is 0 Å². The van der Waals surface area contributed by atoms with Crippen LogP contribution in [-0.4, -0.2) is 42.8 Å². The minimum absolute atomic E-state index is 0.0107. The Morgan fingerprint density at radius 3 is 2.42 bits per heavy atom. The summed E-state index contributed by atoms with van der Waals surface area (Å²) in [4.78, 5) is 26.8. The number of carbonyl (C=O) groups is 2. The van der Waals surface area contributed by atoms with E-state index in [1.807, 2.05) is 42.5 Å². The van der Waals surface area contributed by atoms with Gasteiger partial charge in [-0.05, 0) is 69.8 Å². The van der Waals surface area contributed by atoms with E-state index in [2.05, 4.69) is 36.7 Å². The van der Waals surface area contributed by atoms with Crippen molar-refractivity contribution in [3.8, 4) is 16.9 Å². The lowest BCUT2D eigenvalue weighted by Crippen LogP contribution is -2.40. The summed E-state index contributed by atoms with van der Waals surface area (Å²) in [7, 11) is 1.73. The highest BCUT2D eigenvalue weighted by Crippen LogP contribution is 2.39. The Morgan fingerprint density at radius 2 is 1.75 bits per heavy atom. The predicted molar refractivity (Wildman–Crippen MR) is 142 cm³/mol. The first-order chi connectivity index (χ1) is 17.2. The van der Waals surface area contributed by atoms with Gasteiger partial charge >= 0.3 is 11.9 Å². The van der Waals surface area contributed by atoms with Gasteiger partial charge in [0.2, 0.25) is 6.29 Å². The zero-order chi connectivity index (χ0) is 25.8. The van der Waals surface area contributed by atoms with Crippen molar-refractivity contribution in [1.82, 2.24) is 4.90 Å². The molecule has 1 aliphatic carbocycles. The van der Waals surface area contributed by atoms with Crippen molar-refractivity contribution >= 4 is 27.9 Å². The Morgan fingerprint density at radius 1 is 1.08 bits per heavy atom. The highest BCUT2D eigenvalue weighted by atomic mass is 79.9. The fourth-order valence-electron chi connectivity index (χ4n) is 5.07. The lowest BCUT2D eigenvalue weighted by atomic mass is 9.75. The number of carbonyl (C=O) groups excluding carboxylic acids is 2. The number of hydrogen-bond donors (Lipinski definition) is 0. The van der Waals surface area contributed by atoms with E-state index in [4.69, 9.17) is 14.2 Å². The number of ether oxygens (including phenoxy) is 3. The van der Waals surface area contributed by atoms with E-state index in [1.54, 1.807) is 24.1 Å². The van der Waals surface area contributed by atoms with E-state index < -0.39 is 18.2 Å². The van der Waals surface area contributed by atoms with Gasteiger partial charge in [0, 0.05) is 7.05 Å². The summed E-state index contributed by atoms with van der Waals surface area (Å²) in [6.45, 7) is 6.59. The molecule has 0 bridgehead atoms. The summed E-state index contributed by atoms with van der Waals surface area (Å²) in [5.41, 5.74) is 2.65. The standard InChI is InChI=1S/C29H34BrNO5/c1-18(2)23-15-10-19(3)16-24(23)35-29-27(26(30)28(33)36-29)31(4)17-25(32)34-22-13-11-21(12-14-22)20-8-6-5-7-9-20/h5-9,11-14,18-19,23-24,29H,10,15-17H2,1-4H3/t19?,23?,24?,29-/m0/s1. The third-order valence-corrected chi connectivity index (χ3v) is 7.80. The van der Waals surface area contributed by atoms with Crippen LogP contribution in [0, 0.1) is 17.8 Å². The molecule has 1 fully saturated rings. The molecule has 0 radical (unpaired) electrons. The van der Waals surface area contributed by atoms with Gasteiger partial charge in [0.15, 0.2) is 0 Å². The second kappa shape index (κ2) is 11.6. The lowest BCUT2D eigenvalue weighted by Gasteiger charge is -2.38. The maximum Gasteiger partial charge on any atom is 0.349 e. The van der Waals surface area contributed by atoms with Gasteiger partial charge in [-0.1, -0.05) is 69.7 Å². The molecule has 0 N–H and O–H groups in total. The summed E-state index contributed by atoms with van der Waals surface area (Å²) in [6, 6.07) is 17.4. The normalized spacial score (nSPS) is 24.1. The lowest BCUT2D eigenvalue weighted by molar-refractivity contribution is -0.184. The van der Waals surface area contributed by atoms with Crippen molar-refractivity contribution in [2.75, 3.05) is 13.6 Å². The van der Waals surface area contributed by atoms with Gasteiger partial charge in [-0.3, -0.25) is 0 Å². The Labute approximate surface area is 221 Å². The third-order valence-electron chi connectivity index (χ3n) is 7.07. The number of likely N-dealkylation sites (N-methyl/N-ethyl adjacent to an activating group) is 1. The molecule has 3 unspecified atom stereocenters. The first kappa shape index (κ1) is 26.4. The smallest absolute Gasteiger partial charge is 0.349 e. The molecule has 7 heteroatoms. The van der Waals surface area contributed by atoms with E-state index in [0.29, 0.717) is 29.2 Å². The molecule has 4 rings (SSSR count). The SMILES string of the molecule is CC1CCC(C(C)C)C(O[C@H]2OC(=O)C(Br)=C2N(C)CC(=O)Oc2ccc(-c3ccccc3)cc2)C1. The molecule has 2 aromatic carbocycles. The van der Waals surface area contributed by atoms with Gasteiger partial charge in [-0.25, -0.2) is 9.59 Å². The quantitative estimate of drug-likeness (QED) is 0.287. The summed E-state index contributed by atoms with van der Waals surface area (Å²) in [5, 5.41) is 0. The van der Waals surface area contributed by atoms with Crippen LogP contribution in [0.2, 0.25) is 0 Å². The molecule has 0 amide bonds. The van der Waals surface area contributed by atoms with Crippen LogP contribution in [0.5, 0.6) is 5.75 Å².